The van der Waals surface area contributed by atoms with Crippen LogP contribution >= 0.6 is 0 Å². The first-order valence-electron chi connectivity index (χ1n) is 5.15. The number of ether oxygens (including phenoxy) is 1. The molecule has 0 fully saturated rings. The summed E-state index contributed by atoms with van der Waals surface area (Å²) in [4.78, 5) is 1.75. The topological polar surface area (TPSA) is 77.4 Å². The number of para-hydroxylation sites is 2. The molecule has 1 heterocycles. The summed E-state index contributed by atoms with van der Waals surface area (Å²) in [5, 5.41) is 7.73. The molecule has 0 amide bonds. The lowest BCUT2D eigenvalue weighted by Crippen LogP contribution is -2.11. The molecule has 2 aromatic rings. The zero-order chi connectivity index (χ0) is 12.3. The molecule has 0 aliphatic carbocycles. The van der Waals surface area contributed by atoms with Crippen molar-refractivity contribution in [3.63, 3.8) is 0 Å². The first-order chi connectivity index (χ1) is 8.26. The highest BCUT2D eigenvalue weighted by molar-refractivity contribution is 5.63. The van der Waals surface area contributed by atoms with Crippen LogP contribution in [0.15, 0.2) is 28.7 Å². The Hall–Kier alpha value is -2.08. The fourth-order valence-electron chi connectivity index (χ4n) is 1.47. The molecule has 2 rings (SSSR count). The number of anilines is 2. The fraction of sp³-hybridized carbons (Fsp3) is 0.273. The SMILES string of the molecule is COc1ccccc1N(C)c1nnc(CN)o1. The molecule has 0 radical (unpaired) electrons. The van der Waals surface area contributed by atoms with Crippen molar-refractivity contribution in [1.29, 1.82) is 0 Å². The van der Waals surface area contributed by atoms with Gasteiger partial charge >= 0.3 is 6.01 Å². The van der Waals surface area contributed by atoms with Gasteiger partial charge in [0.05, 0.1) is 19.3 Å². The lowest BCUT2D eigenvalue weighted by molar-refractivity contribution is 0.414. The number of hydrogen-bond acceptors (Lipinski definition) is 6. The average Bonchev–Trinajstić information content (AvgIpc) is 2.86. The zero-order valence-corrected chi connectivity index (χ0v) is 9.75. The maximum atomic E-state index is 5.42. The molecule has 0 saturated carbocycles. The first kappa shape index (κ1) is 11.4. The minimum atomic E-state index is 0.229. The van der Waals surface area contributed by atoms with Gasteiger partial charge in [-0.05, 0) is 12.1 Å². The van der Waals surface area contributed by atoms with Crippen LogP contribution in [-0.2, 0) is 6.54 Å². The van der Waals surface area contributed by atoms with E-state index in [9.17, 15) is 0 Å². The molecule has 0 aliphatic heterocycles. The molecule has 6 heteroatoms. The minimum Gasteiger partial charge on any atom is -0.495 e. The standard InChI is InChI=1S/C11H14N4O2/c1-15(11-14-13-10(7-12)17-11)8-5-3-4-6-9(8)16-2/h3-6H,7,12H2,1-2H3. The summed E-state index contributed by atoms with van der Waals surface area (Å²) >= 11 is 0. The molecule has 1 aromatic heterocycles. The van der Waals surface area contributed by atoms with Gasteiger partial charge in [-0.2, -0.15) is 0 Å². The highest BCUT2D eigenvalue weighted by Gasteiger charge is 2.14. The molecule has 0 aliphatic rings. The Kier molecular flexibility index (Phi) is 3.24. The molecule has 0 saturated heterocycles. The molecule has 2 N–H and O–H groups in total. The quantitative estimate of drug-likeness (QED) is 0.859. The van der Waals surface area contributed by atoms with Crippen LogP contribution in [0.2, 0.25) is 0 Å². The maximum absolute atomic E-state index is 5.42. The van der Waals surface area contributed by atoms with Crippen LogP contribution in [0.25, 0.3) is 0 Å². The van der Waals surface area contributed by atoms with Crippen molar-refractivity contribution < 1.29 is 9.15 Å². The van der Waals surface area contributed by atoms with Crippen LogP contribution in [-0.4, -0.2) is 24.4 Å². The Balaban J connectivity index is 2.32. The van der Waals surface area contributed by atoms with Crippen molar-refractivity contribution in [3.05, 3.63) is 30.2 Å². The fourth-order valence-corrected chi connectivity index (χ4v) is 1.47. The molecule has 0 spiro atoms. The molecule has 1 aromatic carbocycles. The summed E-state index contributed by atoms with van der Waals surface area (Å²) in [6.45, 7) is 0.229. The van der Waals surface area contributed by atoms with Crippen LogP contribution in [0.3, 0.4) is 0 Å². The van der Waals surface area contributed by atoms with E-state index in [0.29, 0.717) is 11.9 Å². The Labute approximate surface area is 99.0 Å². The van der Waals surface area contributed by atoms with E-state index in [1.165, 1.54) is 0 Å². The van der Waals surface area contributed by atoms with E-state index in [4.69, 9.17) is 14.9 Å². The van der Waals surface area contributed by atoms with Crippen molar-refractivity contribution in [3.8, 4) is 5.75 Å². The summed E-state index contributed by atoms with van der Waals surface area (Å²) in [7, 11) is 3.44. The van der Waals surface area contributed by atoms with E-state index >= 15 is 0 Å². The monoisotopic (exact) mass is 234 g/mol. The van der Waals surface area contributed by atoms with Gasteiger partial charge in [-0.1, -0.05) is 17.2 Å². The van der Waals surface area contributed by atoms with E-state index in [2.05, 4.69) is 10.2 Å². The Morgan fingerprint density at radius 2 is 2.12 bits per heavy atom. The molecule has 6 nitrogen and oxygen atoms in total. The second-order valence-corrected chi connectivity index (χ2v) is 3.41. The molecular formula is C11H14N4O2. The van der Waals surface area contributed by atoms with Gasteiger partial charge in [-0.25, -0.2) is 0 Å². The van der Waals surface area contributed by atoms with Gasteiger partial charge in [-0.3, -0.25) is 4.90 Å². The Morgan fingerprint density at radius 1 is 1.35 bits per heavy atom. The summed E-state index contributed by atoms with van der Waals surface area (Å²) in [6.07, 6.45) is 0. The number of aromatic nitrogens is 2. The molecular weight excluding hydrogens is 220 g/mol. The maximum Gasteiger partial charge on any atom is 0.322 e. The molecule has 90 valence electrons. The van der Waals surface area contributed by atoms with Crippen LogP contribution in [0.4, 0.5) is 11.7 Å². The summed E-state index contributed by atoms with van der Waals surface area (Å²) in [5.74, 6) is 1.14. The van der Waals surface area contributed by atoms with Crippen molar-refractivity contribution in [2.24, 2.45) is 5.73 Å². The number of nitrogens with zero attached hydrogens (tertiary/aromatic N) is 3. The van der Waals surface area contributed by atoms with E-state index in [1.807, 2.05) is 31.3 Å². The zero-order valence-electron chi connectivity index (χ0n) is 9.75. The van der Waals surface area contributed by atoms with Gasteiger partial charge in [0.15, 0.2) is 0 Å². The molecule has 0 atom stereocenters. The summed E-state index contributed by atoms with van der Waals surface area (Å²) in [5.41, 5.74) is 6.27. The van der Waals surface area contributed by atoms with E-state index in [0.717, 1.165) is 11.4 Å². The highest BCUT2D eigenvalue weighted by Crippen LogP contribution is 2.31. The van der Waals surface area contributed by atoms with E-state index in [-0.39, 0.29) is 6.54 Å². The molecule has 17 heavy (non-hydrogen) atoms. The number of hydrogen-bond donors (Lipinski definition) is 1. The third-order valence-corrected chi connectivity index (χ3v) is 2.36. The Bertz CT molecular complexity index is 498. The van der Waals surface area contributed by atoms with Gasteiger partial charge < -0.3 is 14.9 Å². The van der Waals surface area contributed by atoms with Crippen molar-refractivity contribution in [2.75, 3.05) is 19.1 Å². The number of methoxy groups -OCH3 is 1. The van der Waals surface area contributed by atoms with Gasteiger partial charge in [0, 0.05) is 7.05 Å². The minimum absolute atomic E-state index is 0.229. The normalized spacial score (nSPS) is 10.3. The van der Waals surface area contributed by atoms with E-state index in [1.54, 1.807) is 12.0 Å². The van der Waals surface area contributed by atoms with Gasteiger partial charge in [0.2, 0.25) is 5.89 Å². The third kappa shape index (κ3) is 2.21. The van der Waals surface area contributed by atoms with Crippen LogP contribution in [0, 0.1) is 0 Å². The van der Waals surface area contributed by atoms with Crippen molar-refractivity contribution in [2.45, 2.75) is 6.54 Å². The lowest BCUT2D eigenvalue weighted by atomic mass is 10.3. The number of nitrogens with two attached hydrogens (primary N) is 1. The lowest BCUT2D eigenvalue weighted by Gasteiger charge is -2.16. The predicted octanol–water partition coefficient (Wildman–Crippen LogP) is 1.30. The van der Waals surface area contributed by atoms with Gasteiger partial charge in [0.25, 0.3) is 0 Å². The summed E-state index contributed by atoms with van der Waals surface area (Å²) < 4.78 is 10.6. The first-order valence-corrected chi connectivity index (χ1v) is 5.15. The molecule has 0 bridgehead atoms. The predicted molar refractivity (Wildman–Crippen MR) is 63.2 cm³/mol. The van der Waals surface area contributed by atoms with Crippen LogP contribution in [0.5, 0.6) is 5.75 Å². The van der Waals surface area contributed by atoms with Gasteiger partial charge in [0.1, 0.15) is 5.75 Å². The average molecular weight is 234 g/mol. The molecule has 0 unspecified atom stereocenters. The van der Waals surface area contributed by atoms with Crippen LogP contribution in [0.1, 0.15) is 5.89 Å². The smallest absolute Gasteiger partial charge is 0.322 e. The van der Waals surface area contributed by atoms with E-state index < -0.39 is 0 Å². The van der Waals surface area contributed by atoms with Crippen LogP contribution < -0.4 is 15.4 Å². The van der Waals surface area contributed by atoms with Crippen molar-refractivity contribution in [1.82, 2.24) is 10.2 Å². The second kappa shape index (κ2) is 4.84. The summed E-state index contributed by atoms with van der Waals surface area (Å²) in [6, 6.07) is 7.97. The third-order valence-electron chi connectivity index (χ3n) is 2.36. The highest BCUT2D eigenvalue weighted by atomic mass is 16.5. The number of rotatable bonds is 4. The second-order valence-electron chi connectivity index (χ2n) is 3.41. The van der Waals surface area contributed by atoms with Gasteiger partial charge in [-0.15, -0.1) is 5.10 Å². The number of benzene rings is 1. The van der Waals surface area contributed by atoms with Crippen molar-refractivity contribution >= 4 is 11.7 Å². The Morgan fingerprint density at radius 3 is 2.76 bits per heavy atom. The largest absolute Gasteiger partial charge is 0.495 e.